The van der Waals surface area contributed by atoms with Gasteiger partial charge in [-0.3, -0.25) is 9.69 Å². The highest BCUT2D eigenvalue weighted by Gasteiger charge is 2.42. The summed E-state index contributed by atoms with van der Waals surface area (Å²) < 4.78 is 37.5. The van der Waals surface area contributed by atoms with Gasteiger partial charge in [0.05, 0.1) is 48.5 Å². The number of thiazole rings is 1. The van der Waals surface area contributed by atoms with Crippen LogP contribution in [0.3, 0.4) is 0 Å². The van der Waals surface area contributed by atoms with E-state index >= 15 is 0 Å². The molecule has 16 heteroatoms. The van der Waals surface area contributed by atoms with Crippen molar-refractivity contribution in [3.05, 3.63) is 72.9 Å². The Morgan fingerprint density at radius 1 is 0.979 bits per heavy atom. The molecule has 3 aliphatic heterocycles. The minimum Gasteiger partial charge on any atom is -0.466 e. The summed E-state index contributed by atoms with van der Waals surface area (Å²) in [5.74, 6) is -2.60. The van der Waals surface area contributed by atoms with E-state index in [-0.39, 0.29) is 39.3 Å². The van der Waals surface area contributed by atoms with Gasteiger partial charge in [0.15, 0.2) is 0 Å². The van der Waals surface area contributed by atoms with Gasteiger partial charge in [-0.1, -0.05) is 29.3 Å². The van der Waals surface area contributed by atoms with E-state index in [2.05, 4.69) is 19.6 Å². The van der Waals surface area contributed by atoms with Crippen LogP contribution in [-0.2, 0) is 40.3 Å². The van der Waals surface area contributed by atoms with Crippen LogP contribution >= 0.6 is 34.5 Å². The van der Waals surface area contributed by atoms with E-state index < -0.39 is 27.9 Å². The average Bonchev–Trinajstić information content (AvgIpc) is 3.72. The summed E-state index contributed by atoms with van der Waals surface area (Å²) in [6.45, 7) is 3.03. The van der Waals surface area contributed by atoms with Crippen molar-refractivity contribution in [3.8, 4) is 0 Å². The number of aromatic nitrogens is 1. The maximum atomic E-state index is 13.8. The van der Waals surface area contributed by atoms with E-state index in [0.29, 0.717) is 68.8 Å². The second kappa shape index (κ2) is 15.9. The summed E-state index contributed by atoms with van der Waals surface area (Å²) >= 11 is 14.9. The number of sulfonamides is 1. The first-order valence-electron chi connectivity index (χ1n) is 15.5. The molecular weight excluding hydrogens is 701 g/mol. The summed E-state index contributed by atoms with van der Waals surface area (Å²) in [7, 11) is -0.800. The van der Waals surface area contributed by atoms with Crippen molar-refractivity contribution in [2.45, 2.75) is 44.4 Å². The number of nitrogens with zero attached hydrogens (tertiary/aromatic N) is 4. The first kappa shape index (κ1) is 36.0. The molecule has 1 atom stereocenters. The van der Waals surface area contributed by atoms with E-state index in [0.717, 1.165) is 23.7 Å². The summed E-state index contributed by atoms with van der Waals surface area (Å²) in [5, 5.41) is 6.44. The van der Waals surface area contributed by atoms with Crippen LogP contribution in [0, 0.1) is 0 Å². The summed E-state index contributed by atoms with van der Waals surface area (Å²) in [4.78, 5) is 49.2. The molecule has 1 fully saturated rings. The first-order chi connectivity index (χ1) is 23.0. The minimum absolute atomic E-state index is 0.0507. The minimum atomic E-state index is -3.29. The van der Waals surface area contributed by atoms with Gasteiger partial charge in [0.2, 0.25) is 5.91 Å². The third-order valence-corrected chi connectivity index (χ3v) is 11.4. The highest BCUT2D eigenvalue weighted by atomic mass is 35.5. The molecule has 1 aromatic carbocycles. The van der Waals surface area contributed by atoms with Crippen LogP contribution in [0.4, 0.5) is 0 Å². The lowest BCUT2D eigenvalue weighted by Gasteiger charge is -2.36. The van der Waals surface area contributed by atoms with Gasteiger partial charge >= 0.3 is 11.9 Å². The molecule has 0 aliphatic carbocycles. The lowest BCUT2D eigenvalue weighted by molar-refractivity contribution is -0.137. The normalized spacial score (nSPS) is 19.6. The van der Waals surface area contributed by atoms with E-state index in [1.807, 2.05) is 5.38 Å². The Hall–Kier alpha value is -3.30. The number of nitrogens with one attached hydrogen (secondary N) is 1. The van der Waals surface area contributed by atoms with Crippen LogP contribution < -0.4 is 5.32 Å². The number of benzene rings is 1. The van der Waals surface area contributed by atoms with Crippen LogP contribution in [-0.4, -0.2) is 99.5 Å². The Morgan fingerprint density at radius 3 is 2.23 bits per heavy atom. The Kier molecular flexibility index (Phi) is 12.0. The van der Waals surface area contributed by atoms with Crippen molar-refractivity contribution in [1.82, 2.24) is 20.1 Å². The smallest absolute Gasteiger partial charge is 0.336 e. The molecular formula is C32H37Cl2N5O7S2. The molecule has 4 heterocycles. The number of hydrogen-bond acceptors (Lipinski definition) is 11. The zero-order chi connectivity index (χ0) is 34.4. The largest absolute Gasteiger partial charge is 0.466 e. The van der Waals surface area contributed by atoms with Gasteiger partial charge in [0.1, 0.15) is 0 Å². The molecule has 0 saturated carbocycles. The van der Waals surface area contributed by atoms with Crippen molar-refractivity contribution in [3.63, 3.8) is 0 Å². The number of halogens is 2. The fourth-order valence-electron chi connectivity index (χ4n) is 6.23. The van der Waals surface area contributed by atoms with E-state index in [1.165, 1.54) is 25.6 Å². The Morgan fingerprint density at radius 2 is 1.65 bits per heavy atom. The number of dihydropyridines is 1. The van der Waals surface area contributed by atoms with Gasteiger partial charge in [-0.05, 0) is 37.9 Å². The van der Waals surface area contributed by atoms with Crippen molar-refractivity contribution in [2.24, 2.45) is 4.40 Å². The average molecular weight is 739 g/mol. The van der Waals surface area contributed by atoms with Crippen LogP contribution in [0.1, 0.15) is 48.6 Å². The second-order valence-corrected chi connectivity index (χ2v) is 15.1. The standard InChI is InChI=1S/C32H37Cl2N5O7S2/c1-45-31(41)28-23(8-9-25-35-11-17-47-25)36-24(29(32(42)46-2)30(28)27-21(33)6-3-7-22(27)34)19-26(40)39-15-13-38(14-16-39)12-4-5-20-10-18-48(43,44)37-20/h3,6-7,11,17,30,36H,4-5,8-10,12-16,18-19H2,1-2H3. The number of rotatable bonds is 12. The lowest BCUT2D eigenvalue weighted by atomic mass is 9.78. The van der Waals surface area contributed by atoms with Gasteiger partial charge in [-0.2, -0.15) is 4.40 Å². The monoisotopic (exact) mass is 737 g/mol. The Bertz CT molecular complexity index is 1730. The number of methoxy groups -OCH3 is 2. The first-order valence-corrected chi connectivity index (χ1v) is 18.8. The highest BCUT2D eigenvalue weighted by Crippen LogP contribution is 2.46. The zero-order valence-electron chi connectivity index (χ0n) is 26.7. The highest BCUT2D eigenvalue weighted by molar-refractivity contribution is 7.90. The predicted octanol–water partition coefficient (Wildman–Crippen LogP) is 4.11. The molecule has 0 radical (unpaired) electrons. The number of carbonyl (C=O) groups is 3. The molecule has 1 amide bonds. The molecule has 0 spiro atoms. The number of carbonyl (C=O) groups excluding carboxylic acids is 3. The van der Waals surface area contributed by atoms with Gasteiger partial charge in [0.25, 0.3) is 10.0 Å². The van der Waals surface area contributed by atoms with Gasteiger partial charge in [0, 0.05) is 83.3 Å². The van der Waals surface area contributed by atoms with Gasteiger partial charge in [-0.15, -0.1) is 11.3 Å². The lowest BCUT2D eigenvalue weighted by Crippen LogP contribution is -2.49. The summed E-state index contributed by atoms with van der Waals surface area (Å²) in [5.41, 5.74) is 2.02. The SMILES string of the molecule is COC(=O)C1=C(CCc2nccs2)NC(CC(=O)N2CCN(CCCC3=NS(=O)(=O)CC3)CC2)=C(C(=O)OC)C1c1c(Cl)cccc1Cl. The molecule has 2 aromatic rings. The number of amides is 1. The zero-order valence-corrected chi connectivity index (χ0v) is 29.8. The molecule has 258 valence electrons. The third kappa shape index (κ3) is 8.46. The Labute approximate surface area is 293 Å². The van der Waals surface area contributed by atoms with Gasteiger partial charge < -0.3 is 19.7 Å². The maximum Gasteiger partial charge on any atom is 0.336 e. The van der Waals surface area contributed by atoms with Crippen molar-refractivity contribution < 1.29 is 32.3 Å². The number of allylic oxidation sites excluding steroid dienone is 1. The molecule has 1 aromatic heterocycles. The summed E-state index contributed by atoms with van der Waals surface area (Å²) in [6.07, 6.45) is 4.28. The van der Waals surface area contributed by atoms with E-state index in [9.17, 15) is 22.8 Å². The third-order valence-electron chi connectivity index (χ3n) is 8.61. The fourth-order valence-corrected chi connectivity index (χ4v) is 8.62. The number of esters is 2. The molecule has 5 rings (SSSR count). The van der Waals surface area contributed by atoms with Gasteiger partial charge in [-0.25, -0.2) is 23.0 Å². The van der Waals surface area contributed by atoms with Crippen molar-refractivity contribution in [2.75, 3.05) is 52.7 Å². The van der Waals surface area contributed by atoms with E-state index in [1.54, 1.807) is 29.3 Å². The van der Waals surface area contributed by atoms with Crippen LogP contribution in [0.25, 0.3) is 0 Å². The van der Waals surface area contributed by atoms with Crippen molar-refractivity contribution >= 4 is 68.1 Å². The number of hydrogen-bond donors (Lipinski definition) is 1. The molecule has 3 aliphatic rings. The van der Waals surface area contributed by atoms with Crippen molar-refractivity contribution in [1.29, 1.82) is 0 Å². The summed E-state index contributed by atoms with van der Waals surface area (Å²) in [6, 6.07) is 4.91. The van der Waals surface area contributed by atoms with E-state index in [4.69, 9.17) is 32.7 Å². The number of piperazine rings is 1. The number of aryl methyl sites for hydroxylation is 1. The predicted molar refractivity (Wildman–Crippen MR) is 184 cm³/mol. The maximum absolute atomic E-state index is 13.8. The molecule has 1 saturated heterocycles. The molecule has 48 heavy (non-hydrogen) atoms. The second-order valence-electron chi connectivity index (χ2n) is 11.6. The van der Waals surface area contributed by atoms with Crippen LogP contribution in [0.5, 0.6) is 0 Å². The Balaban J connectivity index is 1.39. The topological polar surface area (TPSA) is 148 Å². The molecule has 12 nitrogen and oxygen atoms in total. The number of ether oxygens (including phenoxy) is 2. The fraction of sp³-hybridized carbons (Fsp3) is 0.469. The van der Waals surface area contributed by atoms with Crippen LogP contribution in [0.2, 0.25) is 10.0 Å². The molecule has 1 N–H and O–H groups in total. The molecule has 0 bridgehead atoms. The quantitative estimate of drug-likeness (QED) is 0.316. The molecule has 1 unspecified atom stereocenters. The van der Waals surface area contributed by atoms with Crippen LogP contribution in [0.15, 0.2) is 56.7 Å².